The maximum absolute atomic E-state index is 12.8. The Kier molecular flexibility index (Phi) is 5.33. The molecule has 0 saturated heterocycles. The minimum Gasteiger partial charge on any atom is -0.487 e. The molecule has 0 amide bonds. The normalized spacial score (nSPS) is 11.4. The number of halogens is 1. The molecule has 3 aromatic rings. The van der Waals surface area contributed by atoms with Crippen molar-refractivity contribution in [1.29, 1.82) is 0 Å². The van der Waals surface area contributed by atoms with Crippen molar-refractivity contribution in [3.8, 4) is 5.75 Å². The largest absolute Gasteiger partial charge is 0.487 e. The summed E-state index contributed by atoms with van der Waals surface area (Å²) in [6, 6.07) is 14.9. The number of rotatable bonds is 4. The molecule has 1 heterocycles. The third-order valence-corrected chi connectivity index (χ3v) is 4.18. The monoisotopic (exact) mass is 386 g/mol. The maximum atomic E-state index is 12.8. The molecule has 5 nitrogen and oxygen atoms in total. The minimum atomic E-state index is -0.596. The van der Waals surface area contributed by atoms with Gasteiger partial charge in [0.15, 0.2) is 0 Å². The van der Waals surface area contributed by atoms with E-state index in [9.17, 15) is 4.79 Å². The van der Waals surface area contributed by atoms with E-state index < -0.39 is 11.7 Å². The third-order valence-electron chi connectivity index (χ3n) is 3.95. The molecule has 0 spiro atoms. The van der Waals surface area contributed by atoms with Gasteiger partial charge in [-0.25, -0.2) is 9.36 Å². The number of nitrogens with zero attached hydrogens (tertiary/aromatic N) is 1. The van der Waals surface area contributed by atoms with Crippen molar-refractivity contribution in [3.05, 3.63) is 59.2 Å². The van der Waals surface area contributed by atoms with E-state index >= 15 is 0 Å². The lowest BCUT2D eigenvalue weighted by Crippen LogP contribution is -2.28. The molecule has 0 saturated carbocycles. The predicted molar refractivity (Wildman–Crippen MR) is 109 cm³/mol. The zero-order valence-electron chi connectivity index (χ0n) is 15.9. The van der Waals surface area contributed by atoms with Gasteiger partial charge in [0.1, 0.15) is 18.0 Å². The van der Waals surface area contributed by atoms with Crippen molar-refractivity contribution >= 4 is 34.3 Å². The third kappa shape index (κ3) is 4.55. The second-order valence-corrected chi connectivity index (χ2v) is 7.65. The molecule has 0 aliphatic rings. The van der Waals surface area contributed by atoms with E-state index in [1.165, 1.54) is 0 Å². The van der Waals surface area contributed by atoms with Crippen molar-refractivity contribution in [2.75, 3.05) is 12.4 Å². The molecule has 0 aliphatic carbocycles. The van der Waals surface area contributed by atoms with Crippen molar-refractivity contribution in [1.82, 2.24) is 4.57 Å². The van der Waals surface area contributed by atoms with Crippen molar-refractivity contribution < 1.29 is 14.3 Å². The first-order chi connectivity index (χ1) is 12.8. The van der Waals surface area contributed by atoms with E-state index in [0.717, 1.165) is 16.6 Å². The molecule has 27 heavy (non-hydrogen) atoms. The summed E-state index contributed by atoms with van der Waals surface area (Å²) in [4.78, 5) is 12.8. The van der Waals surface area contributed by atoms with Crippen LogP contribution in [0, 0.1) is 0 Å². The van der Waals surface area contributed by atoms with Gasteiger partial charge in [-0.15, -0.1) is 0 Å². The van der Waals surface area contributed by atoms with Gasteiger partial charge < -0.3 is 14.8 Å². The highest BCUT2D eigenvalue weighted by molar-refractivity contribution is 6.31. The summed E-state index contributed by atoms with van der Waals surface area (Å²) in [6.45, 7) is 5.75. The molecule has 1 N–H and O–H groups in total. The van der Waals surface area contributed by atoms with Gasteiger partial charge in [-0.1, -0.05) is 11.6 Å². The Balaban J connectivity index is 1.92. The zero-order valence-corrected chi connectivity index (χ0v) is 16.6. The maximum Gasteiger partial charge on any atom is 0.419 e. The van der Waals surface area contributed by atoms with Crippen molar-refractivity contribution in [2.24, 2.45) is 0 Å². The number of benzene rings is 2. The Bertz CT molecular complexity index is 956. The molecule has 0 radical (unpaired) electrons. The summed E-state index contributed by atoms with van der Waals surface area (Å²) in [5.41, 5.74) is 1.83. The molecule has 1 aromatic heterocycles. The Hall–Kier alpha value is -2.66. The summed E-state index contributed by atoms with van der Waals surface area (Å²) in [7, 11) is 1.86. The van der Waals surface area contributed by atoms with E-state index in [4.69, 9.17) is 21.1 Å². The summed E-state index contributed by atoms with van der Waals surface area (Å²) >= 11 is 6.11. The molecule has 142 valence electrons. The van der Waals surface area contributed by atoms with E-state index in [-0.39, 0.29) is 6.61 Å². The highest BCUT2D eigenvalue weighted by Gasteiger charge is 2.22. The first-order valence-electron chi connectivity index (χ1n) is 8.71. The van der Waals surface area contributed by atoms with E-state index in [1.807, 2.05) is 70.3 Å². The summed E-state index contributed by atoms with van der Waals surface area (Å²) in [5.74, 6) is 0.716. The van der Waals surface area contributed by atoms with E-state index in [0.29, 0.717) is 16.5 Å². The fourth-order valence-corrected chi connectivity index (χ4v) is 2.93. The molecule has 0 bridgehead atoms. The van der Waals surface area contributed by atoms with Crippen LogP contribution in [-0.4, -0.2) is 23.3 Å². The number of ether oxygens (including phenoxy) is 2. The highest BCUT2D eigenvalue weighted by atomic mass is 35.5. The number of hydrogen-bond donors (Lipinski definition) is 1. The topological polar surface area (TPSA) is 52.5 Å². The second kappa shape index (κ2) is 7.53. The molecule has 0 atom stereocenters. The lowest BCUT2D eigenvalue weighted by Gasteiger charge is -2.21. The van der Waals surface area contributed by atoms with Crippen molar-refractivity contribution in [3.63, 3.8) is 0 Å². The number of aromatic nitrogens is 1. The lowest BCUT2D eigenvalue weighted by molar-refractivity contribution is 0.0535. The van der Waals surface area contributed by atoms with Gasteiger partial charge in [-0.05, 0) is 69.3 Å². The van der Waals surface area contributed by atoms with Crippen LogP contribution in [0.25, 0.3) is 10.9 Å². The average Bonchev–Trinajstić information content (AvgIpc) is 2.96. The number of carbonyl (C=O) groups is 1. The standard InChI is InChI=1S/C21H23ClN2O3/c1-21(2,3)27-20(25)24-17(12-14-11-15(22)5-10-19(14)24)13-26-18-8-6-16(23-4)7-9-18/h5-12,23H,13H2,1-4H3. The Morgan fingerprint density at radius 1 is 1.11 bits per heavy atom. The van der Waals surface area contributed by atoms with Gasteiger partial charge in [-0.2, -0.15) is 0 Å². The molecule has 2 aromatic carbocycles. The smallest absolute Gasteiger partial charge is 0.419 e. The number of hydrogen-bond acceptors (Lipinski definition) is 4. The fourth-order valence-electron chi connectivity index (χ4n) is 2.75. The van der Waals surface area contributed by atoms with Crippen LogP contribution in [0.15, 0.2) is 48.5 Å². The van der Waals surface area contributed by atoms with Gasteiger partial charge in [0, 0.05) is 23.1 Å². The van der Waals surface area contributed by atoms with E-state index in [1.54, 1.807) is 10.6 Å². The van der Waals surface area contributed by atoms with Gasteiger partial charge in [-0.3, -0.25) is 0 Å². The Morgan fingerprint density at radius 3 is 2.44 bits per heavy atom. The summed E-state index contributed by atoms with van der Waals surface area (Å²) in [5, 5.41) is 4.53. The van der Waals surface area contributed by atoms with Gasteiger partial charge in [0.2, 0.25) is 0 Å². The fraction of sp³-hybridized carbons (Fsp3) is 0.286. The highest BCUT2D eigenvalue weighted by Crippen LogP contribution is 2.26. The van der Waals surface area contributed by atoms with Crippen LogP contribution < -0.4 is 10.1 Å². The molecule has 3 rings (SSSR count). The van der Waals surface area contributed by atoms with Crippen LogP contribution in [0.3, 0.4) is 0 Å². The lowest BCUT2D eigenvalue weighted by atomic mass is 10.2. The SMILES string of the molecule is CNc1ccc(OCc2cc3cc(Cl)ccc3n2C(=O)OC(C)(C)C)cc1. The quantitative estimate of drug-likeness (QED) is 0.625. The van der Waals surface area contributed by atoms with Crippen LogP contribution in [0.2, 0.25) is 5.02 Å². The molecule has 0 aliphatic heterocycles. The molecule has 0 unspecified atom stereocenters. The summed E-state index contributed by atoms with van der Waals surface area (Å²) < 4.78 is 13.0. The Morgan fingerprint density at radius 2 is 1.81 bits per heavy atom. The minimum absolute atomic E-state index is 0.227. The molecule has 6 heteroatoms. The van der Waals surface area contributed by atoms with Crippen LogP contribution in [0.1, 0.15) is 26.5 Å². The van der Waals surface area contributed by atoms with E-state index in [2.05, 4.69) is 5.32 Å². The predicted octanol–water partition coefficient (Wildman–Crippen LogP) is 5.70. The van der Waals surface area contributed by atoms with Gasteiger partial charge in [0.05, 0.1) is 11.2 Å². The Labute approximate surface area is 163 Å². The number of carbonyl (C=O) groups excluding carboxylic acids is 1. The van der Waals surface area contributed by atoms with Crippen LogP contribution >= 0.6 is 11.6 Å². The first kappa shape index (κ1) is 19.1. The van der Waals surface area contributed by atoms with Gasteiger partial charge in [0.25, 0.3) is 0 Å². The molecule has 0 fully saturated rings. The first-order valence-corrected chi connectivity index (χ1v) is 9.08. The number of anilines is 1. The van der Waals surface area contributed by atoms with Gasteiger partial charge >= 0.3 is 6.09 Å². The zero-order chi connectivity index (χ0) is 19.6. The molecular weight excluding hydrogens is 364 g/mol. The second-order valence-electron chi connectivity index (χ2n) is 7.22. The molecular formula is C21H23ClN2O3. The number of nitrogens with one attached hydrogen (secondary N) is 1. The average molecular weight is 387 g/mol. The summed E-state index contributed by atoms with van der Waals surface area (Å²) in [6.07, 6.45) is -0.441. The van der Waals surface area contributed by atoms with Crippen LogP contribution in [0.4, 0.5) is 10.5 Å². The number of fused-ring (bicyclic) bond motifs is 1. The van der Waals surface area contributed by atoms with Crippen molar-refractivity contribution in [2.45, 2.75) is 33.0 Å². The van der Waals surface area contributed by atoms with Crippen LogP contribution in [-0.2, 0) is 11.3 Å². The van der Waals surface area contributed by atoms with Crippen LogP contribution in [0.5, 0.6) is 5.75 Å².